The molecule has 0 saturated carbocycles. The molecule has 88 valence electrons. The van der Waals surface area contributed by atoms with E-state index in [4.69, 9.17) is 4.74 Å². The lowest BCUT2D eigenvalue weighted by molar-refractivity contribution is -0.386. The van der Waals surface area contributed by atoms with E-state index in [0.29, 0.717) is 4.47 Å². The molecule has 0 fully saturated rings. The SMILES string of the molecule is O=[N+]([O-])c1cc(Br)cnc1OCc1cccs1. The van der Waals surface area contributed by atoms with Gasteiger partial charge in [-0.3, -0.25) is 10.1 Å². The van der Waals surface area contributed by atoms with Crippen LogP contribution in [0.2, 0.25) is 0 Å². The van der Waals surface area contributed by atoms with Crippen molar-refractivity contribution in [2.75, 3.05) is 0 Å². The standard InChI is InChI=1S/C10H7BrN2O3S/c11-7-4-9(13(14)15)10(12-5-7)16-6-8-2-1-3-17-8/h1-5H,6H2. The van der Waals surface area contributed by atoms with E-state index in [1.807, 2.05) is 17.5 Å². The Bertz CT molecular complexity index is 530. The van der Waals surface area contributed by atoms with Crippen LogP contribution < -0.4 is 4.74 Å². The summed E-state index contributed by atoms with van der Waals surface area (Å²) < 4.78 is 5.88. The topological polar surface area (TPSA) is 65.3 Å². The Hall–Kier alpha value is -1.47. The Morgan fingerprint density at radius 1 is 1.59 bits per heavy atom. The quantitative estimate of drug-likeness (QED) is 0.641. The van der Waals surface area contributed by atoms with Crippen molar-refractivity contribution >= 4 is 33.0 Å². The molecule has 0 radical (unpaired) electrons. The largest absolute Gasteiger partial charge is 0.467 e. The molecule has 2 aromatic rings. The van der Waals surface area contributed by atoms with Crippen LogP contribution in [-0.2, 0) is 6.61 Å². The average Bonchev–Trinajstić information content (AvgIpc) is 2.80. The molecule has 0 atom stereocenters. The van der Waals surface area contributed by atoms with Gasteiger partial charge in [-0.1, -0.05) is 6.07 Å². The van der Waals surface area contributed by atoms with Crippen LogP contribution in [0.3, 0.4) is 0 Å². The first-order valence-corrected chi connectivity index (χ1v) is 6.29. The van der Waals surface area contributed by atoms with Gasteiger partial charge in [0.05, 0.1) is 4.92 Å². The van der Waals surface area contributed by atoms with Crippen molar-refractivity contribution in [2.45, 2.75) is 6.61 Å². The molecule has 0 bridgehead atoms. The third-order valence-corrected chi connectivity index (χ3v) is 3.21. The Balaban J connectivity index is 2.17. The molecular weight excluding hydrogens is 308 g/mol. The zero-order valence-electron chi connectivity index (χ0n) is 8.50. The molecule has 2 aromatic heterocycles. The predicted octanol–water partition coefficient (Wildman–Crippen LogP) is 3.39. The second-order valence-corrected chi connectivity index (χ2v) is 5.05. The maximum absolute atomic E-state index is 10.8. The van der Waals surface area contributed by atoms with Gasteiger partial charge in [0.15, 0.2) is 0 Å². The van der Waals surface area contributed by atoms with Crippen molar-refractivity contribution in [1.82, 2.24) is 4.98 Å². The molecule has 2 rings (SSSR count). The molecule has 0 aliphatic heterocycles. The van der Waals surface area contributed by atoms with Crippen LogP contribution in [0.5, 0.6) is 5.88 Å². The second kappa shape index (κ2) is 5.24. The number of ether oxygens (including phenoxy) is 1. The summed E-state index contributed by atoms with van der Waals surface area (Å²) in [6, 6.07) is 5.17. The van der Waals surface area contributed by atoms with Crippen LogP contribution in [-0.4, -0.2) is 9.91 Å². The van der Waals surface area contributed by atoms with E-state index < -0.39 is 4.92 Å². The number of halogens is 1. The first-order valence-electron chi connectivity index (χ1n) is 4.62. The molecule has 7 heteroatoms. The van der Waals surface area contributed by atoms with Gasteiger partial charge >= 0.3 is 5.69 Å². The van der Waals surface area contributed by atoms with Crippen LogP contribution in [0, 0.1) is 10.1 Å². The third kappa shape index (κ3) is 3.01. The van der Waals surface area contributed by atoms with Gasteiger partial charge in [0.25, 0.3) is 5.88 Å². The summed E-state index contributed by atoms with van der Waals surface area (Å²) in [5.41, 5.74) is -0.143. The zero-order valence-corrected chi connectivity index (χ0v) is 10.9. The minimum atomic E-state index is -0.512. The highest BCUT2D eigenvalue weighted by molar-refractivity contribution is 9.10. The number of thiophene rings is 1. The summed E-state index contributed by atoms with van der Waals surface area (Å²) in [6.45, 7) is 0.285. The van der Waals surface area contributed by atoms with E-state index >= 15 is 0 Å². The number of pyridine rings is 1. The fourth-order valence-corrected chi connectivity index (χ4v) is 2.13. The van der Waals surface area contributed by atoms with Gasteiger partial charge < -0.3 is 4.74 Å². The molecule has 5 nitrogen and oxygen atoms in total. The second-order valence-electron chi connectivity index (χ2n) is 3.10. The molecule has 0 unspecified atom stereocenters. The van der Waals surface area contributed by atoms with Crippen molar-refractivity contribution in [2.24, 2.45) is 0 Å². The predicted molar refractivity (Wildman–Crippen MR) is 67.2 cm³/mol. The van der Waals surface area contributed by atoms with Gasteiger partial charge in [-0.25, -0.2) is 4.98 Å². The molecular formula is C10H7BrN2O3S. The van der Waals surface area contributed by atoms with Crippen molar-refractivity contribution < 1.29 is 9.66 Å². The fourth-order valence-electron chi connectivity index (χ4n) is 1.19. The summed E-state index contributed by atoms with van der Waals surface area (Å²) in [5.74, 6) is 0.0339. The average molecular weight is 315 g/mol. The maximum atomic E-state index is 10.8. The minimum absolute atomic E-state index is 0.0339. The first kappa shape index (κ1) is 12.0. The van der Waals surface area contributed by atoms with E-state index in [0.717, 1.165) is 4.88 Å². The summed E-state index contributed by atoms with van der Waals surface area (Å²) in [6.07, 6.45) is 1.47. The molecule has 17 heavy (non-hydrogen) atoms. The number of rotatable bonds is 4. The highest BCUT2D eigenvalue weighted by Gasteiger charge is 2.17. The molecule has 2 heterocycles. The number of nitrogens with zero attached hydrogens (tertiary/aromatic N) is 2. The van der Waals surface area contributed by atoms with E-state index in [1.54, 1.807) is 0 Å². The number of nitro groups is 1. The monoisotopic (exact) mass is 314 g/mol. The van der Waals surface area contributed by atoms with Crippen LogP contribution >= 0.6 is 27.3 Å². The van der Waals surface area contributed by atoms with E-state index in [1.165, 1.54) is 23.6 Å². The Morgan fingerprint density at radius 3 is 3.06 bits per heavy atom. The van der Waals surface area contributed by atoms with Crippen molar-refractivity contribution in [3.05, 3.63) is 49.2 Å². The smallest absolute Gasteiger partial charge is 0.332 e. The van der Waals surface area contributed by atoms with Gasteiger partial charge in [0.2, 0.25) is 0 Å². The van der Waals surface area contributed by atoms with Gasteiger partial charge in [-0.2, -0.15) is 0 Å². The van der Waals surface area contributed by atoms with Crippen molar-refractivity contribution in [3.63, 3.8) is 0 Å². The van der Waals surface area contributed by atoms with E-state index in [9.17, 15) is 10.1 Å². The highest BCUT2D eigenvalue weighted by Crippen LogP contribution is 2.28. The summed E-state index contributed by atoms with van der Waals surface area (Å²) in [5, 5.41) is 12.7. The molecule has 0 amide bonds. The van der Waals surface area contributed by atoms with Crippen LogP contribution in [0.4, 0.5) is 5.69 Å². The zero-order chi connectivity index (χ0) is 12.3. The third-order valence-electron chi connectivity index (χ3n) is 1.93. The highest BCUT2D eigenvalue weighted by atomic mass is 79.9. The molecule has 0 aromatic carbocycles. The molecule has 0 N–H and O–H groups in total. The number of hydrogen-bond donors (Lipinski definition) is 0. The van der Waals surface area contributed by atoms with Crippen LogP contribution in [0.25, 0.3) is 0 Å². The summed E-state index contributed by atoms with van der Waals surface area (Å²) in [7, 11) is 0. The molecule has 0 aliphatic carbocycles. The Morgan fingerprint density at radius 2 is 2.41 bits per heavy atom. The van der Waals surface area contributed by atoms with Gasteiger partial charge in [-0.15, -0.1) is 11.3 Å². The summed E-state index contributed by atoms with van der Waals surface area (Å²) in [4.78, 5) is 15.2. The molecule has 0 saturated heterocycles. The van der Waals surface area contributed by atoms with E-state index in [-0.39, 0.29) is 18.2 Å². The Kier molecular flexibility index (Phi) is 3.70. The lowest BCUT2D eigenvalue weighted by atomic mass is 10.4. The fraction of sp³-hybridized carbons (Fsp3) is 0.100. The lowest BCUT2D eigenvalue weighted by Gasteiger charge is -2.04. The van der Waals surface area contributed by atoms with Crippen molar-refractivity contribution in [1.29, 1.82) is 0 Å². The minimum Gasteiger partial charge on any atom is -0.467 e. The van der Waals surface area contributed by atoms with Crippen LogP contribution in [0.15, 0.2) is 34.2 Å². The molecule has 0 spiro atoms. The van der Waals surface area contributed by atoms with Gasteiger partial charge in [-0.05, 0) is 27.4 Å². The molecule has 0 aliphatic rings. The van der Waals surface area contributed by atoms with Gasteiger partial charge in [0, 0.05) is 21.6 Å². The normalized spacial score (nSPS) is 10.2. The van der Waals surface area contributed by atoms with Crippen LogP contribution in [0.1, 0.15) is 4.88 Å². The Labute approximate surface area is 109 Å². The summed E-state index contributed by atoms with van der Waals surface area (Å²) >= 11 is 4.66. The lowest BCUT2D eigenvalue weighted by Crippen LogP contribution is -2.00. The van der Waals surface area contributed by atoms with E-state index in [2.05, 4.69) is 20.9 Å². The number of hydrogen-bond acceptors (Lipinski definition) is 5. The van der Waals surface area contributed by atoms with Gasteiger partial charge in [0.1, 0.15) is 6.61 Å². The first-order chi connectivity index (χ1) is 8.16. The maximum Gasteiger partial charge on any atom is 0.332 e. The number of aromatic nitrogens is 1. The van der Waals surface area contributed by atoms with Crippen molar-refractivity contribution in [3.8, 4) is 5.88 Å².